The third kappa shape index (κ3) is 6.67. The molecule has 0 aromatic rings. The molecular weight excluding hydrogens is 320 g/mol. The Morgan fingerprint density at radius 1 is 0.958 bits per heavy atom. The molecule has 0 aliphatic rings. The Hall–Kier alpha value is -0.683. The minimum atomic E-state index is -2.12. The number of carbonyl (C=O) groups excluding carboxylic acids is 2. The number of Topliss-reactive ketones (excluding diaryl/α,β-unsaturated/α-hetero) is 1. The van der Waals surface area contributed by atoms with Crippen LogP contribution < -0.4 is 0 Å². The predicted octanol–water partition coefficient (Wildman–Crippen LogP) is 5.11. The summed E-state index contributed by atoms with van der Waals surface area (Å²) in [5.74, 6) is -0.210. The van der Waals surface area contributed by atoms with Crippen molar-refractivity contribution in [2.75, 3.05) is 0 Å². The summed E-state index contributed by atoms with van der Waals surface area (Å²) in [6.45, 7) is 21.9. The predicted molar refractivity (Wildman–Crippen MR) is 102 cm³/mol. The first-order chi connectivity index (χ1) is 10.4. The van der Waals surface area contributed by atoms with Crippen molar-refractivity contribution < 1.29 is 18.8 Å². The number of esters is 1. The molecule has 0 N–H and O–H groups in total. The molecule has 0 aliphatic heterocycles. The van der Waals surface area contributed by atoms with Crippen LogP contribution in [-0.2, 0) is 18.8 Å². The number of hydrogen-bond acceptors (Lipinski definition) is 4. The van der Waals surface area contributed by atoms with Crippen molar-refractivity contribution in [3.8, 4) is 0 Å². The van der Waals surface area contributed by atoms with Crippen LogP contribution in [0.2, 0.25) is 18.1 Å². The fourth-order valence-corrected chi connectivity index (χ4v) is 3.59. The Morgan fingerprint density at radius 3 is 1.75 bits per heavy atom. The molecule has 24 heavy (non-hydrogen) atoms. The van der Waals surface area contributed by atoms with E-state index in [0.717, 1.165) is 0 Å². The highest BCUT2D eigenvalue weighted by Gasteiger charge is 2.45. The second kappa shape index (κ2) is 7.69. The van der Waals surface area contributed by atoms with Gasteiger partial charge in [-0.1, -0.05) is 41.5 Å². The van der Waals surface area contributed by atoms with E-state index in [4.69, 9.17) is 9.16 Å². The largest absolute Gasteiger partial charge is 0.460 e. The lowest BCUT2D eigenvalue weighted by Gasteiger charge is -2.43. The maximum Gasteiger partial charge on any atom is 0.308 e. The molecule has 0 unspecified atom stereocenters. The lowest BCUT2D eigenvalue weighted by molar-refractivity contribution is -0.159. The van der Waals surface area contributed by atoms with Crippen molar-refractivity contribution >= 4 is 20.1 Å². The normalized spacial score (nSPS) is 15.1. The monoisotopic (exact) mass is 358 g/mol. The summed E-state index contributed by atoms with van der Waals surface area (Å²) in [7, 11) is -2.12. The van der Waals surface area contributed by atoms with Crippen LogP contribution in [-0.4, -0.2) is 31.8 Å². The standard InChI is InChI=1S/C19H38O4Si/c1-12-14(20)19(8,9)15(13-16(21)22-17(2,3)4)23-24(10,11)18(5,6)7/h15H,12-13H2,1-11H3/t15-/m0/s1. The van der Waals surface area contributed by atoms with Crippen molar-refractivity contribution in [1.29, 1.82) is 0 Å². The van der Waals surface area contributed by atoms with Crippen molar-refractivity contribution in [3.05, 3.63) is 0 Å². The van der Waals surface area contributed by atoms with Gasteiger partial charge in [0.15, 0.2) is 8.32 Å². The molecule has 0 aromatic carbocycles. The summed E-state index contributed by atoms with van der Waals surface area (Å²) < 4.78 is 12.0. The fraction of sp³-hybridized carbons (Fsp3) is 0.895. The second-order valence-corrected chi connectivity index (χ2v) is 14.4. The van der Waals surface area contributed by atoms with Gasteiger partial charge in [0.1, 0.15) is 11.4 Å². The van der Waals surface area contributed by atoms with Gasteiger partial charge in [-0.15, -0.1) is 0 Å². The molecule has 0 aromatic heterocycles. The molecule has 0 spiro atoms. The molecule has 0 bridgehead atoms. The van der Waals surface area contributed by atoms with E-state index in [1.807, 2.05) is 41.5 Å². The number of hydrogen-bond donors (Lipinski definition) is 0. The van der Waals surface area contributed by atoms with E-state index in [-0.39, 0.29) is 23.2 Å². The lowest BCUT2D eigenvalue weighted by Crippen LogP contribution is -2.51. The minimum absolute atomic E-state index is 0.00449. The van der Waals surface area contributed by atoms with Crippen molar-refractivity contribution in [1.82, 2.24) is 0 Å². The molecule has 0 saturated carbocycles. The van der Waals surface area contributed by atoms with Crippen LogP contribution in [0.3, 0.4) is 0 Å². The quantitative estimate of drug-likeness (QED) is 0.468. The highest BCUT2D eigenvalue weighted by molar-refractivity contribution is 6.74. The number of ketones is 1. The van der Waals surface area contributed by atoms with Gasteiger partial charge in [0.2, 0.25) is 0 Å². The molecule has 1 atom stereocenters. The minimum Gasteiger partial charge on any atom is -0.460 e. The van der Waals surface area contributed by atoms with E-state index in [1.54, 1.807) is 0 Å². The zero-order valence-electron chi connectivity index (χ0n) is 17.6. The van der Waals surface area contributed by atoms with Gasteiger partial charge < -0.3 is 9.16 Å². The SMILES string of the molecule is CCC(=O)C(C)(C)[C@H](CC(=O)OC(C)(C)C)O[Si](C)(C)C(C)(C)C. The molecule has 5 heteroatoms. The fourth-order valence-electron chi connectivity index (χ4n) is 2.15. The molecule has 4 nitrogen and oxygen atoms in total. The molecule has 0 heterocycles. The van der Waals surface area contributed by atoms with Gasteiger partial charge >= 0.3 is 5.97 Å². The first-order valence-electron chi connectivity index (χ1n) is 8.87. The molecule has 0 aliphatic carbocycles. The van der Waals surface area contributed by atoms with E-state index in [9.17, 15) is 9.59 Å². The maximum atomic E-state index is 12.5. The first kappa shape index (κ1) is 23.3. The van der Waals surface area contributed by atoms with E-state index < -0.39 is 25.4 Å². The van der Waals surface area contributed by atoms with Gasteiger partial charge in [-0.3, -0.25) is 9.59 Å². The Balaban J connectivity index is 5.55. The van der Waals surface area contributed by atoms with Gasteiger partial charge in [0.05, 0.1) is 12.5 Å². The average Bonchev–Trinajstić information content (AvgIpc) is 2.32. The van der Waals surface area contributed by atoms with Crippen LogP contribution in [0.1, 0.15) is 75.2 Å². The highest BCUT2D eigenvalue weighted by atomic mass is 28.4. The molecule has 0 radical (unpaired) electrons. The lowest BCUT2D eigenvalue weighted by atomic mass is 9.79. The van der Waals surface area contributed by atoms with Crippen LogP contribution in [0.25, 0.3) is 0 Å². The molecule has 0 amide bonds. The molecule has 0 saturated heterocycles. The zero-order chi connectivity index (χ0) is 19.6. The van der Waals surface area contributed by atoms with E-state index in [0.29, 0.717) is 6.42 Å². The number of ether oxygens (including phenoxy) is 1. The van der Waals surface area contributed by atoms with Crippen LogP contribution >= 0.6 is 0 Å². The average molecular weight is 359 g/mol. The van der Waals surface area contributed by atoms with Crippen LogP contribution in [0.4, 0.5) is 0 Å². The summed E-state index contributed by atoms with van der Waals surface area (Å²) in [6, 6.07) is 0. The Bertz CT molecular complexity index is 453. The number of rotatable bonds is 7. The third-order valence-electron chi connectivity index (χ3n) is 4.86. The van der Waals surface area contributed by atoms with Crippen LogP contribution in [0.15, 0.2) is 0 Å². The molecular formula is C19H38O4Si. The van der Waals surface area contributed by atoms with Crippen molar-refractivity contribution in [2.24, 2.45) is 5.41 Å². The summed E-state index contributed by atoms with van der Waals surface area (Å²) >= 11 is 0. The highest BCUT2D eigenvalue weighted by Crippen LogP contribution is 2.41. The second-order valence-electron chi connectivity index (χ2n) is 9.66. The van der Waals surface area contributed by atoms with Gasteiger partial charge in [-0.25, -0.2) is 0 Å². The zero-order valence-corrected chi connectivity index (χ0v) is 18.6. The van der Waals surface area contributed by atoms with Crippen LogP contribution in [0, 0.1) is 5.41 Å². The van der Waals surface area contributed by atoms with Gasteiger partial charge in [-0.2, -0.15) is 0 Å². The summed E-state index contributed by atoms with van der Waals surface area (Å²) in [6.07, 6.45) is 0.0574. The van der Waals surface area contributed by atoms with Gasteiger partial charge in [0.25, 0.3) is 0 Å². The third-order valence-corrected chi connectivity index (χ3v) is 9.35. The maximum absolute atomic E-state index is 12.5. The summed E-state index contributed by atoms with van der Waals surface area (Å²) in [4.78, 5) is 24.8. The van der Waals surface area contributed by atoms with E-state index in [2.05, 4.69) is 33.9 Å². The summed E-state index contributed by atoms with van der Waals surface area (Å²) in [5, 5.41) is 0.00449. The molecule has 0 fully saturated rings. The first-order valence-corrected chi connectivity index (χ1v) is 11.8. The molecule has 142 valence electrons. The van der Waals surface area contributed by atoms with E-state index >= 15 is 0 Å². The Morgan fingerprint density at radius 2 is 1.42 bits per heavy atom. The molecule has 0 rings (SSSR count). The Labute approximate surface area is 149 Å². The van der Waals surface area contributed by atoms with E-state index in [1.165, 1.54) is 0 Å². The van der Waals surface area contributed by atoms with Gasteiger partial charge in [0, 0.05) is 11.8 Å². The number of carbonyl (C=O) groups is 2. The Kier molecular flexibility index (Phi) is 7.47. The van der Waals surface area contributed by atoms with Crippen molar-refractivity contribution in [3.63, 3.8) is 0 Å². The van der Waals surface area contributed by atoms with Gasteiger partial charge in [-0.05, 0) is 38.9 Å². The van der Waals surface area contributed by atoms with Crippen LogP contribution in [0.5, 0.6) is 0 Å². The topological polar surface area (TPSA) is 52.6 Å². The smallest absolute Gasteiger partial charge is 0.308 e. The van der Waals surface area contributed by atoms with Crippen molar-refractivity contribution in [2.45, 2.75) is 105 Å². The summed E-state index contributed by atoms with van der Waals surface area (Å²) in [5.41, 5.74) is -1.27.